The van der Waals surface area contributed by atoms with E-state index in [1.54, 1.807) is 6.08 Å². The molecule has 1 aliphatic rings. The zero-order valence-corrected chi connectivity index (χ0v) is 19.3. The highest BCUT2D eigenvalue weighted by atomic mass is 31.2. The molecule has 1 aliphatic heterocycles. The van der Waals surface area contributed by atoms with Gasteiger partial charge in [0.2, 0.25) is 0 Å². The lowest BCUT2D eigenvalue weighted by Crippen LogP contribution is -2.34. The minimum absolute atomic E-state index is 0. The highest BCUT2D eigenvalue weighted by Crippen LogP contribution is 2.46. The van der Waals surface area contributed by atoms with Gasteiger partial charge in [0, 0.05) is 0 Å². The molecule has 10 heteroatoms. The van der Waals surface area contributed by atoms with Crippen LogP contribution in [0, 0.1) is 0 Å². The molecular formula is C20H38NO8P. The van der Waals surface area contributed by atoms with E-state index in [0.29, 0.717) is 0 Å². The maximum absolute atomic E-state index is 12.0. The molecule has 1 saturated heterocycles. The van der Waals surface area contributed by atoms with Crippen molar-refractivity contribution in [1.82, 2.24) is 6.15 Å². The molecule has 1 unspecified atom stereocenters. The van der Waals surface area contributed by atoms with Crippen molar-refractivity contribution in [3.63, 3.8) is 0 Å². The molecule has 1 rings (SSSR count). The third-order valence-corrected chi connectivity index (χ3v) is 5.48. The molecule has 0 aromatic carbocycles. The zero-order valence-electron chi connectivity index (χ0n) is 18.4. The van der Waals surface area contributed by atoms with Crippen molar-refractivity contribution in [2.75, 3.05) is 13.2 Å². The maximum atomic E-state index is 12.0. The van der Waals surface area contributed by atoms with Crippen LogP contribution in [0.15, 0.2) is 34.9 Å². The number of hydrogen-bond donors (Lipinski definition) is 5. The van der Waals surface area contributed by atoms with Crippen LogP contribution in [0.4, 0.5) is 0 Å². The number of hydrogen-bond acceptors (Lipinski definition) is 8. The summed E-state index contributed by atoms with van der Waals surface area (Å²) in [6.07, 6.45) is 4.24. The summed E-state index contributed by atoms with van der Waals surface area (Å²) in [5, 5.41) is 28.4. The van der Waals surface area contributed by atoms with Gasteiger partial charge in [-0.2, -0.15) is 0 Å². The highest BCUT2D eigenvalue weighted by Gasteiger charge is 2.46. The fourth-order valence-electron chi connectivity index (χ4n) is 2.73. The van der Waals surface area contributed by atoms with Crippen molar-refractivity contribution in [3.8, 4) is 0 Å². The quantitative estimate of drug-likeness (QED) is 0.222. The van der Waals surface area contributed by atoms with Gasteiger partial charge < -0.3 is 31.1 Å². The van der Waals surface area contributed by atoms with Crippen molar-refractivity contribution >= 4 is 7.82 Å². The van der Waals surface area contributed by atoms with Crippen molar-refractivity contribution in [2.45, 2.75) is 78.0 Å². The van der Waals surface area contributed by atoms with Crippen LogP contribution >= 0.6 is 7.82 Å². The fourth-order valence-corrected chi connectivity index (χ4v) is 3.49. The molecule has 0 aromatic heterocycles. The van der Waals surface area contributed by atoms with Gasteiger partial charge in [-0.1, -0.05) is 34.9 Å². The molecule has 7 N–H and O–H groups in total. The number of aliphatic hydroxyl groups excluding tert-OH is 3. The number of allylic oxidation sites excluding steroid dienone is 5. The Morgan fingerprint density at radius 3 is 2.10 bits per heavy atom. The van der Waals surface area contributed by atoms with Crippen molar-refractivity contribution < 1.29 is 38.6 Å². The van der Waals surface area contributed by atoms with E-state index in [0.717, 1.165) is 31.3 Å². The minimum Gasteiger partial charge on any atom is -0.394 e. The standard InChI is InChI=1S/C20H35O8P.H3N/c1-14(2)7-5-8-15(3)9-6-10-16(4)11-12-26-29(24,25)28-20-19(23)18(22)17(13-21)27-20;/h7,9,11,17-23H,5-6,8,10,12-13H2,1-4H3,(H,24,25);1H3/b15-9-,16-11-;/t17-,18-,19+,20+;/m1./s1. The van der Waals surface area contributed by atoms with Crippen LogP contribution in [-0.4, -0.2) is 58.0 Å². The molecule has 0 saturated carbocycles. The summed E-state index contributed by atoms with van der Waals surface area (Å²) >= 11 is 0. The summed E-state index contributed by atoms with van der Waals surface area (Å²) in [5.41, 5.74) is 3.66. The largest absolute Gasteiger partial charge is 0.474 e. The Balaban J connectivity index is 0.00000841. The predicted molar refractivity (Wildman–Crippen MR) is 115 cm³/mol. The third-order valence-electron chi connectivity index (χ3n) is 4.53. The average Bonchev–Trinajstić information content (AvgIpc) is 2.88. The van der Waals surface area contributed by atoms with Crippen molar-refractivity contribution in [2.24, 2.45) is 0 Å². The summed E-state index contributed by atoms with van der Waals surface area (Å²) in [6, 6.07) is 0. The first-order valence-electron chi connectivity index (χ1n) is 9.78. The maximum Gasteiger partial charge on any atom is 0.474 e. The number of phosphoric ester groups is 1. The molecule has 30 heavy (non-hydrogen) atoms. The topological polar surface area (TPSA) is 161 Å². The summed E-state index contributed by atoms with van der Waals surface area (Å²) in [4.78, 5) is 9.75. The number of ether oxygens (including phenoxy) is 1. The summed E-state index contributed by atoms with van der Waals surface area (Å²) in [5.74, 6) is 0. The van der Waals surface area contributed by atoms with Gasteiger partial charge in [-0.25, -0.2) is 4.57 Å². The van der Waals surface area contributed by atoms with Crippen molar-refractivity contribution in [1.29, 1.82) is 0 Å². The summed E-state index contributed by atoms with van der Waals surface area (Å²) in [6.45, 7) is 7.49. The van der Waals surface area contributed by atoms with Gasteiger partial charge in [-0.15, -0.1) is 0 Å². The Kier molecular flexibility index (Phi) is 13.8. The van der Waals surface area contributed by atoms with Gasteiger partial charge in [0.05, 0.1) is 13.2 Å². The Hall–Kier alpha value is -0.870. The van der Waals surface area contributed by atoms with Gasteiger partial charge in [0.25, 0.3) is 0 Å². The molecule has 0 aliphatic carbocycles. The van der Waals surface area contributed by atoms with Gasteiger partial charge in [-0.3, -0.25) is 9.05 Å². The van der Waals surface area contributed by atoms with Gasteiger partial charge in [0.1, 0.15) is 18.3 Å². The van der Waals surface area contributed by atoms with E-state index >= 15 is 0 Å². The SMILES string of the molecule is CC(C)=CCC/C(C)=C\CC/C(C)=C\COP(=O)(O)O[C@@H]1O[C@H](CO)[C@@H](O)[C@@H]1O.N. The molecule has 5 atom stereocenters. The normalized spacial score (nSPS) is 26.8. The van der Waals surface area contributed by atoms with Crippen LogP contribution in [0.1, 0.15) is 53.4 Å². The Bertz CT molecular complexity index is 645. The molecule has 1 fully saturated rings. The first-order chi connectivity index (χ1) is 13.6. The van der Waals surface area contributed by atoms with E-state index in [4.69, 9.17) is 18.9 Å². The second kappa shape index (κ2) is 14.2. The van der Waals surface area contributed by atoms with Crippen LogP contribution in [-0.2, 0) is 18.3 Å². The molecule has 176 valence electrons. The van der Waals surface area contributed by atoms with E-state index in [9.17, 15) is 19.7 Å². The second-order valence-electron chi connectivity index (χ2n) is 7.54. The zero-order chi connectivity index (χ0) is 22.0. The predicted octanol–water partition coefficient (Wildman–Crippen LogP) is 3.14. The first kappa shape index (κ1) is 29.1. The number of rotatable bonds is 12. The second-order valence-corrected chi connectivity index (χ2v) is 8.94. The molecule has 0 aromatic rings. The fraction of sp³-hybridized carbons (Fsp3) is 0.700. The minimum atomic E-state index is -4.50. The van der Waals surface area contributed by atoms with Crippen LogP contribution < -0.4 is 6.15 Å². The van der Waals surface area contributed by atoms with Gasteiger partial charge in [-0.05, 0) is 53.4 Å². The van der Waals surface area contributed by atoms with E-state index in [-0.39, 0.29) is 12.8 Å². The van der Waals surface area contributed by atoms with Crippen molar-refractivity contribution in [3.05, 3.63) is 34.9 Å². The number of aliphatic hydroxyl groups is 3. The molecule has 1 heterocycles. The van der Waals surface area contributed by atoms with Gasteiger partial charge in [0.15, 0.2) is 6.29 Å². The molecule has 0 bridgehead atoms. The summed E-state index contributed by atoms with van der Waals surface area (Å²) < 4.78 is 26.6. The molecule has 9 nitrogen and oxygen atoms in total. The summed E-state index contributed by atoms with van der Waals surface area (Å²) in [7, 11) is -4.50. The Morgan fingerprint density at radius 1 is 1.00 bits per heavy atom. The van der Waals surface area contributed by atoms with Crippen LogP contribution in [0.5, 0.6) is 0 Å². The Morgan fingerprint density at radius 2 is 1.57 bits per heavy atom. The molecule has 0 spiro atoms. The number of phosphoric acid groups is 1. The van der Waals surface area contributed by atoms with Crippen LogP contribution in [0.2, 0.25) is 0 Å². The molecular weight excluding hydrogens is 413 g/mol. The van der Waals surface area contributed by atoms with Crippen LogP contribution in [0.3, 0.4) is 0 Å². The van der Waals surface area contributed by atoms with E-state index in [1.807, 2.05) is 6.92 Å². The molecule has 0 radical (unpaired) electrons. The molecule has 0 amide bonds. The lowest BCUT2D eigenvalue weighted by molar-refractivity contribution is -0.127. The lowest BCUT2D eigenvalue weighted by atomic mass is 10.1. The van der Waals surface area contributed by atoms with Crippen LogP contribution in [0.25, 0.3) is 0 Å². The monoisotopic (exact) mass is 451 g/mol. The lowest BCUT2D eigenvalue weighted by Gasteiger charge is -2.18. The Labute approximate surface area is 179 Å². The third kappa shape index (κ3) is 10.9. The smallest absolute Gasteiger partial charge is 0.394 e. The van der Waals surface area contributed by atoms with E-state index in [2.05, 4.69) is 32.9 Å². The van der Waals surface area contributed by atoms with Gasteiger partial charge >= 0.3 is 7.82 Å². The van der Waals surface area contributed by atoms with E-state index < -0.39 is 39.0 Å². The van der Waals surface area contributed by atoms with E-state index in [1.165, 1.54) is 11.1 Å². The highest BCUT2D eigenvalue weighted by molar-refractivity contribution is 7.47. The first-order valence-corrected chi connectivity index (χ1v) is 11.3. The average molecular weight is 451 g/mol.